The van der Waals surface area contributed by atoms with Gasteiger partial charge in [0.25, 0.3) is 0 Å². The Kier molecular flexibility index (Phi) is 4.81. The zero-order chi connectivity index (χ0) is 14.8. The van der Waals surface area contributed by atoms with Crippen molar-refractivity contribution in [1.29, 1.82) is 0 Å². The van der Waals surface area contributed by atoms with Gasteiger partial charge in [-0.25, -0.2) is 12.8 Å². The summed E-state index contributed by atoms with van der Waals surface area (Å²) in [5.74, 6) is 0.473. The first-order valence-electron chi connectivity index (χ1n) is 7.04. The molecule has 0 unspecified atom stereocenters. The van der Waals surface area contributed by atoms with Crippen LogP contribution < -0.4 is 0 Å². The maximum Gasteiger partial charge on any atom is 0.147 e. The van der Waals surface area contributed by atoms with Gasteiger partial charge in [0, 0.05) is 12.3 Å². The zero-order valence-electron chi connectivity index (χ0n) is 12.0. The molecule has 20 heavy (non-hydrogen) atoms. The van der Waals surface area contributed by atoms with Gasteiger partial charge in [0.15, 0.2) is 0 Å². The molecule has 0 spiro atoms. The molecule has 0 bridgehead atoms. The Balaban J connectivity index is 2.05. The molecule has 1 aromatic rings. The van der Waals surface area contributed by atoms with Crippen molar-refractivity contribution in [2.24, 2.45) is 5.92 Å². The number of halogens is 1. The average molecular weight is 299 g/mol. The van der Waals surface area contributed by atoms with Gasteiger partial charge in [-0.3, -0.25) is 4.90 Å². The second kappa shape index (κ2) is 6.22. The van der Waals surface area contributed by atoms with E-state index in [1.165, 1.54) is 12.3 Å². The van der Waals surface area contributed by atoms with Crippen molar-refractivity contribution in [3.05, 3.63) is 35.6 Å². The molecule has 0 saturated carbocycles. The van der Waals surface area contributed by atoms with Crippen LogP contribution in [0.5, 0.6) is 0 Å². The summed E-state index contributed by atoms with van der Waals surface area (Å²) in [4.78, 5) is 2.28. The molecular formula is C15H22FNO2S. The fourth-order valence-corrected chi connectivity index (χ4v) is 3.69. The Hall–Kier alpha value is -0.940. The first-order chi connectivity index (χ1) is 9.37. The molecule has 1 saturated heterocycles. The van der Waals surface area contributed by atoms with Crippen molar-refractivity contribution >= 4 is 9.84 Å². The van der Waals surface area contributed by atoms with Crippen LogP contribution >= 0.6 is 0 Å². The van der Waals surface area contributed by atoms with Crippen molar-refractivity contribution in [3.63, 3.8) is 0 Å². The highest BCUT2D eigenvalue weighted by molar-refractivity contribution is 7.90. The summed E-state index contributed by atoms with van der Waals surface area (Å²) < 4.78 is 35.8. The molecule has 1 fully saturated rings. The molecule has 5 heteroatoms. The molecule has 0 amide bonds. The smallest absolute Gasteiger partial charge is 0.147 e. The second-order valence-corrected chi connectivity index (χ2v) is 8.04. The number of sulfone groups is 1. The van der Waals surface area contributed by atoms with Crippen LogP contribution in [0.2, 0.25) is 0 Å². The van der Waals surface area contributed by atoms with Crippen LogP contribution in [0.15, 0.2) is 24.3 Å². The number of rotatable bonds is 5. The van der Waals surface area contributed by atoms with Gasteiger partial charge in [-0.2, -0.15) is 0 Å². The molecule has 1 aliphatic rings. The molecule has 3 nitrogen and oxygen atoms in total. The maximum atomic E-state index is 13.4. The minimum Gasteiger partial charge on any atom is -0.296 e. The predicted octanol–water partition coefficient (Wildman–Crippen LogP) is 2.64. The van der Waals surface area contributed by atoms with Crippen molar-refractivity contribution < 1.29 is 12.8 Å². The minimum atomic E-state index is -2.90. The minimum absolute atomic E-state index is 0.199. The lowest BCUT2D eigenvalue weighted by Gasteiger charge is -2.27. The standard InChI is InChI=1S/C15H22FNO2S/c1-12-7-9-17(8-4-10-20(2,18)19)15(12)13-5-3-6-14(16)11-13/h3,5-6,11-12,15H,4,7-10H2,1-2H3/t12-,15+/m0/s1. The summed E-state index contributed by atoms with van der Waals surface area (Å²) in [6.07, 6.45) is 2.97. The molecule has 0 N–H and O–H groups in total. The predicted molar refractivity (Wildman–Crippen MR) is 78.8 cm³/mol. The van der Waals surface area contributed by atoms with E-state index in [-0.39, 0.29) is 17.6 Å². The normalized spacial score (nSPS) is 24.1. The van der Waals surface area contributed by atoms with Gasteiger partial charge in [-0.05, 0) is 49.5 Å². The fourth-order valence-electron chi connectivity index (χ4n) is 3.04. The number of hydrogen-bond donors (Lipinski definition) is 0. The van der Waals surface area contributed by atoms with Crippen molar-refractivity contribution in [1.82, 2.24) is 4.90 Å². The third-order valence-electron chi connectivity index (χ3n) is 3.95. The number of nitrogens with zero attached hydrogens (tertiary/aromatic N) is 1. The number of hydrogen-bond acceptors (Lipinski definition) is 3. The Morgan fingerprint density at radius 2 is 2.15 bits per heavy atom. The van der Waals surface area contributed by atoms with Gasteiger partial charge in [0.05, 0.1) is 5.75 Å². The third-order valence-corrected chi connectivity index (χ3v) is 4.98. The number of likely N-dealkylation sites (tertiary alicyclic amines) is 1. The van der Waals surface area contributed by atoms with Gasteiger partial charge < -0.3 is 0 Å². The highest BCUT2D eigenvalue weighted by Gasteiger charge is 2.32. The average Bonchev–Trinajstić information content (AvgIpc) is 2.69. The van der Waals surface area contributed by atoms with E-state index in [1.54, 1.807) is 12.1 Å². The van der Waals surface area contributed by atoms with E-state index in [0.717, 1.165) is 25.1 Å². The van der Waals surface area contributed by atoms with Crippen LogP contribution in [0, 0.1) is 11.7 Å². The van der Waals surface area contributed by atoms with Crippen molar-refractivity contribution in [2.75, 3.05) is 25.1 Å². The van der Waals surface area contributed by atoms with E-state index in [2.05, 4.69) is 11.8 Å². The summed E-state index contributed by atoms with van der Waals surface area (Å²) in [5.41, 5.74) is 0.995. The van der Waals surface area contributed by atoms with E-state index < -0.39 is 9.84 Å². The van der Waals surface area contributed by atoms with Crippen LogP contribution in [0.3, 0.4) is 0 Å². The number of benzene rings is 1. The first-order valence-corrected chi connectivity index (χ1v) is 9.10. The van der Waals surface area contributed by atoms with E-state index in [9.17, 15) is 12.8 Å². The monoisotopic (exact) mass is 299 g/mol. The van der Waals surface area contributed by atoms with Crippen LogP contribution in [-0.4, -0.2) is 38.4 Å². The third kappa shape index (κ3) is 4.03. The summed E-state index contributed by atoms with van der Waals surface area (Å²) in [7, 11) is -2.90. The SMILES string of the molecule is C[C@H]1CCN(CCCS(C)(=O)=O)[C@H]1c1cccc(F)c1. The van der Waals surface area contributed by atoms with Gasteiger partial charge in [0.2, 0.25) is 0 Å². The highest BCUT2D eigenvalue weighted by atomic mass is 32.2. The van der Waals surface area contributed by atoms with Gasteiger partial charge in [-0.1, -0.05) is 19.1 Å². The zero-order valence-corrected chi connectivity index (χ0v) is 12.9. The van der Waals surface area contributed by atoms with Gasteiger partial charge >= 0.3 is 0 Å². The van der Waals surface area contributed by atoms with Crippen molar-refractivity contribution in [2.45, 2.75) is 25.8 Å². The van der Waals surface area contributed by atoms with Crippen LogP contribution in [0.1, 0.15) is 31.4 Å². The van der Waals surface area contributed by atoms with Gasteiger partial charge in [0.1, 0.15) is 15.7 Å². The molecule has 0 radical (unpaired) electrons. The molecule has 2 atom stereocenters. The molecule has 1 heterocycles. The van der Waals surface area contributed by atoms with Crippen LogP contribution in [0.4, 0.5) is 4.39 Å². The Labute approximate surface area is 120 Å². The molecule has 1 aliphatic heterocycles. The lowest BCUT2D eigenvalue weighted by molar-refractivity contribution is 0.234. The van der Waals surface area contributed by atoms with E-state index in [0.29, 0.717) is 12.3 Å². The van der Waals surface area contributed by atoms with Gasteiger partial charge in [-0.15, -0.1) is 0 Å². The van der Waals surface area contributed by atoms with E-state index in [1.807, 2.05) is 6.07 Å². The highest BCUT2D eigenvalue weighted by Crippen LogP contribution is 2.37. The van der Waals surface area contributed by atoms with E-state index in [4.69, 9.17) is 0 Å². The topological polar surface area (TPSA) is 37.4 Å². The lowest BCUT2D eigenvalue weighted by atomic mass is 9.95. The second-order valence-electron chi connectivity index (χ2n) is 5.79. The quantitative estimate of drug-likeness (QED) is 0.839. The largest absolute Gasteiger partial charge is 0.296 e. The van der Waals surface area contributed by atoms with E-state index >= 15 is 0 Å². The molecule has 2 rings (SSSR count). The summed E-state index contributed by atoms with van der Waals surface area (Å²) in [6, 6.07) is 6.95. The Morgan fingerprint density at radius 1 is 1.40 bits per heavy atom. The molecule has 0 aliphatic carbocycles. The molecule has 0 aromatic heterocycles. The fraction of sp³-hybridized carbons (Fsp3) is 0.600. The first kappa shape index (κ1) is 15.4. The summed E-state index contributed by atoms with van der Waals surface area (Å²) in [6.45, 7) is 3.87. The summed E-state index contributed by atoms with van der Waals surface area (Å²) in [5, 5.41) is 0. The maximum absolute atomic E-state index is 13.4. The van der Waals surface area contributed by atoms with Crippen LogP contribution in [-0.2, 0) is 9.84 Å². The molecular weight excluding hydrogens is 277 g/mol. The Morgan fingerprint density at radius 3 is 2.80 bits per heavy atom. The molecule has 1 aromatic carbocycles. The van der Waals surface area contributed by atoms with Crippen LogP contribution in [0.25, 0.3) is 0 Å². The van der Waals surface area contributed by atoms with Crippen molar-refractivity contribution in [3.8, 4) is 0 Å². The Bertz CT molecular complexity index is 559. The summed E-state index contributed by atoms with van der Waals surface area (Å²) >= 11 is 0. The lowest BCUT2D eigenvalue weighted by Crippen LogP contribution is -2.27. The molecule has 112 valence electrons.